The number of hydrogen-bond acceptors (Lipinski definition) is 3. The van der Waals surface area contributed by atoms with E-state index >= 15 is 0 Å². The predicted molar refractivity (Wildman–Crippen MR) is 98.0 cm³/mol. The van der Waals surface area contributed by atoms with Gasteiger partial charge in [0.05, 0.1) is 0 Å². The molecule has 1 heterocycles. The van der Waals surface area contributed by atoms with E-state index in [1.165, 1.54) is 6.33 Å². The van der Waals surface area contributed by atoms with Gasteiger partial charge in [-0.05, 0) is 42.7 Å². The summed E-state index contributed by atoms with van der Waals surface area (Å²) in [5, 5.41) is 5.02. The molecule has 2 atom stereocenters. The van der Waals surface area contributed by atoms with Gasteiger partial charge in [-0.1, -0.05) is 44.5 Å². The van der Waals surface area contributed by atoms with Crippen LogP contribution < -0.4 is 4.74 Å². The number of benzene rings is 1. The van der Waals surface area contributed by atoms with Gasteiger partial charge in [-0.15, -0.1) is 6.58 Å². The van der Waals surface area contributed by atoms with Gasteiger partial charge in [0.15, 0.2) is 0 Å². The zero-order valence-corrected chi connectivity index (χ0v) is 15.4. The van der Waals surface area contributed by atoms with Gasteiger partial charge in [-0.25, -0.2) is 9.67 Å². The lowest BCUT2D eigenvalue weighted by atomic mass is 9.74. The largest absolute Gasteiger partial charge is 0.462 e. The molecule has 0 saturated carbocycles. The molecule has 0 saturated heterocycles. The first-order valence-corrected chi connectivity index (χ1v) is 8.27. The second-order valence-corrected chi connectivity index (χ2v) is 7.16. The summed E-state index contributed by atoms with van der Waals surface area (Å²) >= 11 is 5.99. The lowest BCUT2D eigenvalue weighted by Crippen LogP contribution is -2.49. The van der Waals surface area contributed by atoms with Crippen molar-refractivity contribution in [1.29, 1.82) is 0 Å². The summed E-state index contributed by atoms with van der Waals surface area (Å²) in [7, 11) is 0. The van der Waals surface area contributed by atoms with E-state index in [-0.39, 0.29) is 11.3 Å². The SMILES string of the molecule is C=CC(C(C)(C)C)C(C=CC)(Oc1ccc(Cl)cc1)n1cncn1. The average molecular weight is 346 g/mol. The van der Waals surface area contributed by atoms with Crippen molar-refractivity contribution >= 4 is 11.6 Å². The van der Waals surface area contributed by atoms with E-state index in [9.17, 15) is 0 Å². The second-order valence-electron chi connectivity index (χ2n) is 6.73. The van der Waals surface area contributed by atoms with Crippen LogP contribution in [0.4, 0.5) is 0 Å². The Morgan fingerprint density at radius 3 is 2.38 bits per heavy atom. The topological polar surface area (TPSA) is 39.9 Å². The first-order valence-electron chi connectivity index (χ1n) is 7.89. The highest BCUT2D eigenvalue weighted by molar-refractivity contribution is 6.30. The fraction of sp³-hybridized carbons (Fsp3) is 0.368. The van der Waals surface area contributed by atoms with Gasteiger partial charge >= 0.3 is 0 Å². The van der Waals surface area contributed by atoms with E-state index in [0.29, 0.717) is 10.8 Å². The third-order valence-electron chi connectivity index (χ3n) is 3.89. The quantitative estimate of drug-likeness (QED) is 0.685. The summed E-state index contributed by atoms with van der Waals surface area (Å²) in [4.78, 5) is 4.11. The fourth-order valence-corrected chi connectivity index (χ4v) is 3.05. The zero-order valence-electron chi connectivity index (χ0n) is 14.6. The van der Waals surface area contributed by atoms with E-state index in [0.717, 1.165) is 0 Å². The van der Waals surface area contributed by atoms with Gasteiger partial charge in [0, 0.05) is 10.9 Å². The molecule has 5 heteroatoms. The van der Waals surface area contributed by atoms with Crippen LogP contribution in [0.25, 0.3) is 0 Å². The van der Waals surface area contributed by atoms with Gasteiger partial charge in [0.25, 0.3) is 0 Å². The Kier molecular flexibility index (Phi) is 5.50. The van der Waals surface area contributed by atoms with Crippen molar-refractivity contribution in [2.75, 3.05) is 0 Å². The highest BCUT2D eigenvalue weighted by Gasteiger charge is 2.46. The molecular weight excluding hydrogens is 322 g/mol. The lowest BCUT2D eigenvalue weighted by molar-refractivity contribution is -0.0504. The van der Waals surface area contributed by atoms with Gasteiger partial charge in [0.1, 0.15) is 18.4 Å². The molecule has 0 fully saturated rings. The van der Waals surface area contributed by atoms with Gasteiger partial charge in [0.2, 0.25) is 5.72 Å². The molecule has 128 valence electrons. The summed E-state index contributed by atoms with van der Waals surface area (Å²) in [5.74, 6) is 0.641. The zero-order chi connectivity index (χ0) is 17.8. The maximum absolute atomic E-state index is 6.47. The molecule has 0 spiro atoms. The first kappa shape index (κ1) is 18.3. The molecule has 24 heavy (non-hydrogen) atoms. The summed E-state index contributed by atoms with van der Waals surface area (Å²) in [6, 6.07) is 7.30. The van der Waals surface area contributed by atoms with Crippen LogP contribution in [0.5, 0.6) is 5.75 Å². The molecule has 2 aromatic rings. The van der Waals surface area contributed by atoms with Crippen LogP contribution in [-0.4, -0.2) is 14.8 Å². The van der Waals surface area contributed by atoms with E-state index in [1.807, 2.05) is 37.3 Å². The molecule has 0 aliphatic rings. The second kappa shape index (κ2) is 7.22. The molecule has 0 bridgehead atoms. The molecule has 4 nitrogen and oxygen atoms in total. The van der Waals surface area contributed by atoms with Crippen LogP contribution in [0.15, 0.2) is 61.7 Å². The van der Waals surface area contributed by atoms with E-state index in [4.69, 9.17) is 16.3 Å². The first-order chi connectivity index (χ1) is 11.3. The number of ether oxygens (including phenoxy) is 1. The highest BCUT2D eigenvalue weighted by atomic mass is 35.5. The Hall–Kier alpha value is -2.07. The van der Waals surface area contributed by atoms with Crippen LogP contribution in [-0.2, 0) is 5.72 Å². The van der Waals surface area contributed by atoms with Crippen molar-refractivity contribution in [2.45, 2.75) is 33.4 Å². The lowest BCUT2D eigenvalue weighted by Gasteiger charge is -2.43. The molecule has 0 aliphatic carbocycles. The van der Waals surface area contributed by atoms with Crippen molar-refractivity contribution < 1.29 is 4.74 Å². The molecule has 1 aromatic carbocycles. The van der Waals surface area contributed by atoms with Crippen molar-refractivity contribution in [2.24, 2.45) is 11.3 Å². The number of halogens is 1. The fourth-order valence-electron chi connectivity index (χ4n) is 2.93. The summed E-state index contributed by atoms with van der Waals surface area (Å²) < 4.78 is 8.20. The third-order valence-corrected chi connectivity index (χ3v) is 4.14. The summed E-state index contributed by atoms with van der Waals surface area (Å²) in [6.07, 6.45) is 9.04. The van der Waals surface area contributed by atoms with Crippen LogP contribution in [0.1, 0.15) is 27.7 Å². The Labute approximate surface area is 148 Å². The number of aromatic nitrogens is 3. The third kappa shape index (κ3) is 3.70. The van der Waals surface area contributed by atoms with E-state index < -0.39 is 5.72 Å². The minimum atomic E-state index is -0.876. The minimum Gasteiger partial charge on any atom is -0.462 e. The maximum atomic E-state index is 6.47. The van der Waals surface area contributed by atoms with Crippen LogP contribution in [0.3, 0.4) is 0 Å². The normalized spacial score (nSPS) is 15.9. The maximum Gasteiger partial charge on any atom is 0.229 e. The van der Waals surface area contributed by atoms with Gasteiger partial charge in [-0.2, -0.15) is 5.10 Å². The van der Waals surface area contributed by atoms with Crippen LogP contribution in [0.2, 0.25) is 5.02 Å². The van der Waals surface area contributed by atoms with E-state index in [2.05, 4.69) is 37.4 Å². The molecule has 1 aromatic heterocycles. The smallest absolute Gasteiger partial charge is 0.229 e. The predicted octanol–water partition coefficient (Wildman–Crippen LogP) is 5.09. The Morgan fingerprint density at radius 2 is 1.92 bits per heavy atom. The van der Waals surface area contributed by atoms with Crippen LogP contribution in [0, 0.1) is 11.3 Å². The molecule has 2 unspecified atom stereocenters. The van der Waals surface area contributed by atoms with Crippen molar-refractivity contribution in [3.8, 4) is 5.75 Å². The highest BCUT2D eigenvalue weighted by Crippen LogP contribution is 2.42. The van der Waals surface area contributed by atoms with E-state index in [1.54, 1.807) is 23.1 Å². The van der Waals surface area contributed by atoms with Crippen molar-refractivity contribution in [3.63, 3.8) is 0 Å². The number of hydrogen-bond donors (Lipinski definition) is 0. The monoisotopic (exact) mass is 345 g/mol. The van der Waals surface area contributed by atoms with Crippen molar-refractivity contribution in [3.05, 3.63) is 66.7 Å². The summed E-state index contributed by atoms with van der Waals surface area (Å²) in [6.45, 7) is 12.5. The Balaban J connectivity index is 2.62. The van der Waals surface area contributed by atoms with Crippen molar-refractivity contribution in [1.82, 2.24) is 14.8 Å². The molecule has 0 aliphatic heterocycles. The van der Waals surface area contributed by atoms with Gasteiger partial charge < -0.3 is 4.74 Å². The molecular formula is C19H24ClN3O. The number of allylic oxidation sites excluding steroid dienone is 1. The number of nitrogens with zero attached hydrogens (tertiary/aromatic N) is 3. The summed E-state index contributed by atoms with van der Waals surface area (Å²) in [5.41, 5.74) is -0.987. The molecule has 2 rings (SSSR count). The molecule has 0 amide bonds. The molecule has 0 radical (unpaired) electrons. The van der Waals surface area contributed by atoms with Crippen LogP contribution >= 0.6 is 11.6 Å². The standard InChI is InChI=1S/C19H24ClN3O/c1-6-12-19(23-14-21-13-22-23,17(7-2)18(3,4)5)24-16-10-8-15(20)9-11-16/h6-14,17H,2H2,1,3-5H3. The number of rotatable bonds is 6. The Morgan fingerprint density at radius 1 is 1.25 bits per heavy atom. The average Bonchev–Trinajstić information content (AvgIpc) is 3.03. The van der Waals surface area contributed by atoms with Gasteiger partial charge in [-0.3, -0.25) is 0 Å². The Bertz CT molecular complexity index is 686. The minimum absolute atomic E-state index is 0.0569. The molecule has 0 N–H and O–H groups in total.